The number of carboxylic acid groups (broad SMARTS) is 1. The monoisotopic (exact) mass is 404 g/mol. The molecule has 1 fully saturated rings. The topological polar surface area (TPSA) is 137 Å². The lowest BCUT2D eigenvalue weighted by Gasteiger charge is -2.45. The number of aryl methyl sites for hydroxylation is 1. The van der Waals surface area contributed by atoms with Crippen molar-refractivity contribution in [3.63, 3.8) is 0 Å². The maximum atomic E-state index is 11.2. The average Bonchev–Trinajstić information content (AvgIpc) is 2.70. The summed E-state index contributed by atoms with van der Waals surface area (Å²) in [7, 11) is 0. The van der Waals surface area contributed by atoms with Gasteiger partial charge in [0.1, 0.15) is 24.1 Å². The van der Waals surface area contributed by atoms with E-state index in [1.54, 1.807) is 43.3 Å². The number of benzene rings is 2. The van der Waals surface area contributed by atoms with Crippen LogP contribution in [0.25, 0.3) is 11.1 Å². The summed E-state index contributed by atoms with van der Waals surface area (Å²) in [6.07, 6.45) is -5.46. The van der Waals surface area contributed by atoms with E-state index >= 15 is 0 Å². The van der Waals surface area contributed by atoms with Gasteiger partial charge in [0.05, 0.1) is 12.2 Å². The van der Waals surface area contributed by atoms with E-state index in [0.717, 1.165) is 11.1 Å². The molecule has 2 aromatic rings. The first-order valence-electron chi connectivity index (χ1n) is 9.11. The first kappa shape index (κ1) is 21.2. The van der Waals surface area contributed by atoms with Crippen molar-refractivity contribution in [2.75, 3.05) is 6.61 Å². The first-order chi connectivity index (χ1) is 13.6. The van der Waals surface area contributed by atoms with Gasteiger partial charge in [-0.3, -0.25) is 0 Å². The molecule has 0 radical (unpaired) electrons. The number of carbonyl (C=O) groups is 1. The zero-order valence-electron chi connectivity index (χ0n) is 16.0. The lowest BCUT2D eigenvalue weighted by molar-refractivity contribution is -0.314. The molecule has 0 saturated carbocycles. The molecule has 3 rings (SSSR count). The number of ether oxygens (including phenoxy) is 2. The Hall–Kier alpha value is -2.49. The molecule has 29 heavy (non-hydrogen) atoms. The van der Waals surface area contributed by atoms with Crippen LogP contribution in [-0.4, -0.2) is 68.3 Å². The third-order valence-electron chi connectivity index (χ3n) is 5.11. The highest BCUT2D eigenvalue weighted by molar-refractivity contribution is 5.89. The minimum atomic E-state index is -1.91. The summed E-state index contributed by atoms with van der Waals surface area (Å²) < 4.78 is 11.2. The zero-order chi connectivity index (χ0) is 21.3. The standard InChI is InChI=1S/C21H24O8/c1-11-8-13(12-4-3-5-14(9-12)19(25)26)6-7-15(11)28-20-21(2,27)18(24)17(23)16(10-22)29-20/h3-9,16-18,20,22-24,27H,10H2,1-2H3,(H,25,26)/t16-,17-,18+,20+,21+/m1/s1. The molecule has 5 atom stereocenters. The van der Waals surface area contributed by atoms with Crippen LogP contribution in [0.1, 0.15) is 22.8 Å². The van der Waals surface area contributed by atoms with Crippen LogP contribution in [0.5, 0.6) is 5.75 Å². The Morgan fingerprint density at radius 1 is 1.17 bits per heavy atom. The molecular weight excluding hydrogens is 380 g/mol. The summed E-state index contributed by atoms with van der Waals surface area (Å²) in [5.41, 5.74) is 0.447. The van der Waals surface area contributed by atoms with Crippen LogP contribution in [0.15, 0.2) is 42.5 Å². The highest BCUT2D eigenvalue weighted by Gasteiger charge is 2.53. The molecule has 0 aromatic heterocycles. The van der Waals surface area contributed by atoms with Crippen LogP contribution in [0.3, 0.4) is 0 Å². The number of rotatable bonds is 5. The van der Waals surface area contributed by atoms with Crippen molar-refractivity contribution < 1.29 is 39.8 Å². The van der Waals surface area contributed by atoms with Crippen molar-refractivity contribution >= 4 is 5.97 Å². The second-order valence-corrected chi connectivity index (χ2v) is 7.33. The molecule has 0 aliphatic carbocycles. The molecule has 0 bridgehead atoms. The molecule has 1 aliphatic rings. The Bertz CT molecular complexity index is 894. The molecule has 5 N–H and O–H groups in total. The molecule has 2 aromatic carbocycles. The number of aliphatic hydroxyl groups is 4. The number of aromatic carboxylic acids is 1. The van der Waals surface area contributed by atoms with Crippen molar-refractivity contribution in [3.8, 4) is 16.9 Å². The van der Waals surface area contributed by atoms with E-state index in [-0.39, 0.29) is 5.56 Å². The van der Waals surface area contributed by atoms with Gasteiger partial charge in [-0.15, -0.1) is 0 Å². The fourth-order valence-electron chi connectivity index (χ4n) is 3.27. The largest absolute Gasteiger partial charge is 0.478 e. The second-order valence-electron chi connectivity index (χ2n) is 7.33. The van der Waals surface area contributed by atoms with E-state index in [4.69, 9.17) is 14.6 Å². The summed E-state index contributed by atoms with van der Waals surface area (Å²) in [6.45, 7) is 2.50. The third kappa shape index (κ3) is 4.12. The molecule has 8 heteroatoms. The van der Waals surface area contributed by atoms with E-state index in [0.29, 0.717) is 11.3 Å². The van der Waals surface area contributed by atoms with Crippen molar-refractivity contribution in [2.45, 2.75) is 44.1 Å². The van der Waals surface area contributed by atoms with Crippen molar-refractivity contribution in [3.05, 3.63) is 53.6 Å². The summed E-state index contributed by atoms with van der Waals surface area (Å²) in [4.78, 5) is 11.2. The lowest BCUT2D eigenvalue weighted by atomic mass is 9.88. The van der Waals surface area contributed by atoms with E-state index in [1.807, 2.05) is 0 Å². The van der Waals surface area contributed by atoms with Crippen molar-refractivity contribution in [1.29, 1.82) is 0 Å². The summed E-state index contributed by atoms with van der Waals surface area (Å²) in [6, 6.07) is 11.7. The zero-order valence-corrected chi connectivity index (χ0v) is 16.0. The SMILES string of the molecule is Cc1cc(-c2cccc(C(=O)O)c2)ccc1O[C@H]1O[C@H](CO)[C@@H](O)[C@H](O)[C@]1(C)O. The van der Waals surface area contributed by atoms with Gasteiger partial charge < -0.3 is 35.0 Å². The predicted octanol–water partition coefficient (Wildman–Crippen LogP) is 0.929. The molecule has 8 nitrogen and oxygen atoms in total. The minimum Gasteiger partial charge on any atom is -0.478 e. The summed E-state index contributed by atoms with van der Waals surface area (Å²) >= 11 is 0. The van der Waals surface area contributed by atoms with Gasteiger partial charge in [-0.1, -0.05) is 18.2 Å². The number of carboxylic acids is 1. The molecule has 0 spiro atoms. The molecule has 1 aliphatic heterocycles. The Morgan fingerprint density at radius 2 is 1.86 bits per heavy atom. The van der Waals surface area contributed by atoms with E-state index < -0.39 is 42.8 Å². The Morgan fingerprint density at radius 3 is 2.48 bits per heavy atom. The second kappa shape index (κ2) is 8.10. The van der Waals surface area contributed by atoms with Gasteiger partial charge in [-0.25, -0.2) is 4.79 Å². The van der Waals surface area contributed by atoms with Gasteiger partial charge in [0.15, 0.2) is 5.60 Å². The van der Waals surface area contributed by atoms with Crippen LogP contribution in [0.2, 0.25) is 0 Å². The van der Waals surface area contributed by atoms with Crippen molar-refractivity contribution in [1.82, 2.24) is 0 Å². The quantitative estimate of drug-likeness (QED) is 0.496. The van der Waals surface area contributed by atoms with Gasteiger partial charge in [0.25, 0.3) is 0 Å². The van der Waals surface area contributed by atoms with Crippen LogP contribution in [-0.2, 0) is 4.74 Å². The predicted molar refractivity (Wildman–Crippen MR) is 103 cm³/mol. The molecule has 0 amide bonds. The van der Waals surface area contributed by atoms with Crippen LogP contribution >= 0.6 is 0 Å². The molecule has 156 valence electrons. The first-order valence-corrected chi connectivity index (χ1v) is 9.11. The maximum Gasteiger partial charge on any atom is 0.335 e. The number of hydrogen-bond acceptors (Lipinski definition) is 7. The number of aliphatic hydroxyl groups excluding tert-OH is 3. The number of hydrogen-bond donors (Lipinski definition) is 5. The highest BCUT2D eigenvalue weighted by Crippen LogP contribution is 2.34. The van der Waals surface area contributed by atoms with Gasteiger partial charge >= 0.3 is 5.97 Å². The van der Waals surface area contributed by atoms with Crippen LogP contribution < -0.4 is 4.74 Å². The molecule has 0 unspecified atom stereocenters. The van der Waals surface area contributed by atoms with Gasteiger partial charge in [0.2, 0.25) is 6.29 Å². The fourth-order valence-corrected chi connectivity index (χ4v) is 3.27. The van der Waals surface area contributed by atoms with E-state index in [1.165, 1.54) is 13.0 Å². The van der Waals surface area contributed by atoms with Gasteiger partial charge in [0, 0.05) is 0 Å². The third-order valence-corrected chi connectivity index (χ3v) is 5.11. The van der Waals surface area contributed by atoms with Crippen LogP contribution in [0.4, 0.5) is 0 Å². The van der Waals surface area contributed by atoms with E-state index in [2.05, 4.69) is 0 Å². The highest BCUT2D eigenvalue weighted by atomic mass is 16.7. The normalized spacial score (nSPS) is 29.4. The summed E-state index contributed by atoms with van der Waals surface area (Å²) in [5.74, 6) is -0.645. The van der Waals surface area contributed by atoms with Crippen LogP contribution in [0, 0.1) is 6.92 Å². The summed E-state index contributed by atoms with van der Waals surface area (Å²) in [5, 5.41) is 49.2. The molecular formula is C21H24O8. The smallest absolute Gasteiger partial charge is 0.335 e. The maximum absolute atomic E-state index is 11.2. The fraction of sp³-hybridized carbons (Fsp3) is 0.381. The molecule has 1 saturated heterocycles. The Balaban J connectivity index is 1.85. The lowest BCUT2D eigenvalue weighted by Crippen LogP contribution is -2.66. The Kier molecular flexibility index (Phi) is 5.92. The minimum absolute atomic E-state index is 0.176. The Labute approximate surface area is 167 Å². The van der Waals surface area contributed by atoms with Crippen molar-refractivity contribution in [2.24, 2.45) is 0 Å². The van der Waals surface area contributed by atoms with Gasteiger partial charge in [-0.2, -0.15) is 0 Å². The van der Waals surface area contributed by atoms with E-state index in [9.17, 15) is 25.2 Å². The molecule has 1 heterocycles. The average molecular weight is 404 g/mol. The van der Waals surface area contributed by atoms with Gasteiger partial charge in [-0.05, 0) is 54.8 Å².